The summed E-state index contributed by atoms with van der Waals surface area (Å²) < 4.78 is 15.9. The van der Waals surface area contributed by atoms with Crippen LogP contribution in [0, 0.1) is 11.7 Å². The van der Waals surface area contributed by atoms with Crippen LogP contribution in [0.1, 0.15) is 53.8 Å². The lowest BCUT2D eigenvalue weighted by molar-refractivity contribution is 0.0921. The third-order valence-electron chi connectivity index (χ3n) is 8.34. The van der Waals surface area contributed by atoms with Crippen LogP contribution in [-0.4, -0.2) is 44.5 Å². The number of nitrogens with one attached hydrogen (secondary N) is 1. The molecule has 38 heavy (non-hydrogen) atoms. The van der Waals surface area contributed by atoms with Gasteiger partial charge in [0.05, 0.1) is 11.2 Å². The Balaban J connectivity index is 0.999. The van der Waals surface area contributed by atoms with Crippen LogP contribution in [0.4, 0.5) is 4.39 Å². The van der Waals surface area contributed by atoms with Gasteiger partial charge in [-0.1, -0.05) is 24.3 Å². The molecule has 2 aliphatic rings. The molecule has 2 aromatic heterocycles. The summed E-state index contributed by atoms with van der Waals surface area (Å²) in [5.41, 5.74) is 4.77. The number of amides is 1. The Morgan fingerprint density at radius 1 is 1.08 bits per heavy atom. The number of halogens is 1. The molecule has 2 aromatic carbocycles. The molecule has 1 aliphatic heterocycles. The number of imidazole rings is 1. The van der Waals surface area contributed by atoms with E-state index >= 15 is 0 Å². The van der Waals surface area contributed by atoms with Gasteiger partial charge < -0.3 is 9.88 Å². The standard InChI is InChI=1S/C31H34FN5O/c1-36-29-15-18-37(20-28(29)35-30(36)22-5-2-6-23(32)19-22)17-14-21-10-12-24(13-11-21)34-31(38)26-7-3-9-27-25(26)8-4-16-33-27/h2-9,16,19,21,24H,10-15,17-18,20H2,1H3,(H,34,38)/t21-,24-. The normalized spacial score (nSPS) is 19.8. The van der Waals surface area contributed by atoms with Crippen molar-refractivity contribution in [3.63, 3.8) is 0 Å². The molecule has 7 heteroatoms. The van der Waals surface area contributed by atoms with E-state index in [0.29, 0.717) is 11.5 Å². The zero-order chi connectivity index (χ0) is 26.1. The SMILES string of the molecule is Cn1c(-c2cccc(F)c2)nc2c1CCN(CC[C@H]1CC[C@H](NC(=O)c3cccc4ncccc34)CC1)C2. The van der Waals surface area contributed by atoms with E-state index in [4.69, 9.17) is 4.98 Å². The summed E-state index contributed by atoms with van der Waals surface area (Å²) in [6.07, 6.45) is 8.25. The number of rotatable bonds is 6. The Bertz CT molecular complexity index is 1450. The van der Waals surface area contributed by atoms with Gasteiger partial charge in [-0.2, -0.15) is 0 Å². The molecule has 0 bridgehead atoms. The molecule has 6 nitrogen and oxygen atoms in total. The molecule has 1 fully saturated rings. The monoisotopic (exact) mass is 511 g/mol. The van der Waals surface area contributed by atoms with Crippen molar-refractivity contribution in [3.05, 3.63) is 83.6 Å². The highest BCUT2D eigenvalue weighted by Gasteiger charge is 2.26. The highest BCUT2D eigenvalue weighted by atomic mass is 19.1. The Labute approximate surface area is 222 Å². The van der Waals surface area contributed by atoms with Crippen LogP contribution in [0.3, 0.4) is 0 Å². The summed E-state index contributed by atoms with van der Waals surface area (Å²) in [7, 11) is 2.04. The van der Waals surface area contributed by atoms with Gasteiger partial charge in [-0.15, -0.1) is 0 Å². The van der Waals surface area contributed by atoms with E-state index in [2.05, 4.69) is 19.8 Å². The maximum Gasteiger partial charge on any atom is 0.252 e. The number of benzene rings is 2. The number of hydrogen-bond acceptors (Lipinski definition) is 4. The highest BCUT2D eigenvalue weighted by molar-refractivity contribution is 6.06. The van der Waals surface area contributed by atoms with E-state index in [1.54, 1.807) is 18.3 Å². The fourth-order valence-electron chi connectivity index (χ4n) is 6.18. The minimum atomic E-state index is -0.231. The van der Waals surface area contributed by atoms with Crippen molar-refractivity contribution in [2.45, 2.75) is 51.1 Å². The van der Waals surface area contributed by atoms with Crippen LogP contribution < -0.4 is 5.32 Å². The van der Waals surface area contributed by atoms with Gasteiger partial charge in [-0.25, -0.2) is 9.37 Å². The topological polar surface area (TPSA) is 63.1 Å². The predicted molar refractivity (Wildman–Crippen MR) is 147 cm³/mol. The quantitative estimate of drug-likeness (QED) is 0.371. The first-order valence-electron chi connectivity index (χ1n) is 13.7. The molecule has 6 rings (SSSR count). The lowest BCUT2D eigenvalue weighted by Crippen LogP contribution is -2.38. The first-order chi connectivity index (χ1) is 18.5. The van der Waals surface area contributed by atoms with Crippen molar-refractivity contribution in [2.75, 3.05) is 13.1 Å². The molecule has 1 N–H and O–H groups in total. The molecule has 0 unspecified atom stereocenters. The van der Waals surface area contributed by atoms with Crippen molar-refractivity contribution in [1.29, 1.82) is 0 Å². The molecule has 1 amide bonds. The number of aromatic nitrogens is 3. The summed E-state index contributed by atoms with van der Waals surface area (Å²) in [5.74, 6) is 1.31. The van der Waals surface area contributed by atoms with Crippen LogP contribution in [0.5, 0.6) is 0 Å². The second-order valence-electron chi connectivity index (χ2n) is 10.8. The molecule has 3 heterocycles. The van der Waals surface area contributed by atoms with E-state index in [0.717, 1.165) is 79.7 Å². The van der Waals surface area contributed by atoms with Gasteiger partial charge in [0, 0.05) is 61.0 Å². The fourth-order valence-corrected chi connectivity index (χ4v) is 6.18. The molecule has 1 aliphatic carbocycles. The number of nitrogens with zero attached hydrogens (tertiary/aromatic N) is 4. The Hall–Kier alpha value is -3.58. The number of hydrogen-bond donors (Lipinski definition) is 1. The summed E-state index contributed by atoms with van der Waals surface area (Å²) >= 11 is 0. The maximum absolute atomic E-state index is 13.8. The van der Waals surface area contributed by atoms with E-state index in [1.807, 2.05) is 43.4 Å². The van der Waals surface area contributed by atoms with Gasteiger partial charge >= 0.3 is 0 Å². The minimum absolute atomic E-state index is 0.00384. The maximum atomic E-state index is 13.8. The Kier molecular flexibility index (Phi) is 6.94. The van der Waals surface area contributed by atoms with E-state index in [9.17, 15) is 9.18 Å². The van der Waals surface area contributed by atoms with E-state index < -0.39 is 0 Å². The van der Waals surface area contributed by atoms with Crippen LogP contribution >= 0.6 is 0 Å². The number of fused-ring (bicyclic) bond motifs is 2. The van der Waals surface area contributed by atoms with Gasteiger partial charge in [0.15, 0.2) is 0 Å². The van der Waals surface area contributed by atoms with E-state index in [-0.39, 0.29) is 17.8 Å². The molecule has 0 radical (unpaired) electrons. The van der Waals surface area contributed by atoms with Crippen molar-refractivity contribution >= 4 is 16.8 Å². The molecule has 0 atom stereocenters. The summed E-state index contributed by atoms with van der Waals surface area (Å²) in [6.45, 7) is 2.94. The van der Waals surface area contributed by atoms with Gasteiger partial charge in [0.25, 0.3) is 5.91 Å². The molecular weight excluding hydrogens is 477 g/mol. The smallest absolute Gasteiger partial charge is 0.252 e. The zero-order valence-electron chi connectivity index (χ0n) is 21.9. The third kappa shape index (κ3) is 5.07. The van der Waals surface area contributed by atoms with Crippen LogP contribution in [-0.2, 0) is 20.0 Å². The first kappa shape index (κ1) is 24.7. The predicted octanol–water partition coefficient (Wildman–Crippen LogP) is 5.51. The summed E-state index contributed by atoms with van der Waals surface area (Å²) in [4.78, 5) is 24.8. The summed E-state index contributed by atoms with van der Waals surface area (Å²) in [6, 6.07) is 16.5. The number of pyridine rings is 1. The highest BCUT2D eigenvalue weighted by Crippen LogP contribution is 2.30. The average Bonchev–Trinajstić information content (AvgIpc) is 3.28. The lowest BCUT2D eigenvalue weighted by atomic mass is 9.84. The van der Waals surface area contributed by atoms with Gasteiger partial charge in [0.2, 0.25) is 0 Å². The van der Waals surface area contributed by atoms with Crippen LogP contribution in [0.25, 0.3) is 22.3 Å². The molecule has 0 spiro atoms. The third-order valence-corrected chi connectivity index (χ3v) is 8.34. The Morgan fingerprint density at radius 2 is 1.92 bits per heavy atom. The van der Waals surface area contributed by atoms with Gasteiger partial charge in [-0.3, -0.25) is 14.7 Å². The fraction of sp³-hybridized carbons (Fsp3) is 0.387. The Morgan fingerprint density at radius 3 is 2.76 bits per heavy atom. The molecule has 0 saturated heterocycles. The second-order valence-corrected chi connectivity index (χ2v) is 10.8. The zero-order valence-corrected chi connectivity index (χ0v) is 21.9. The van der Waals surface area contributed by atoms with Crippen LogP contribution in [0.15, 0.2) is 60.8 Å². The lowest BCUT2D eigenvalue weighted by Gasteiger charge is -2.32. The second kappa shape index (κ2) is 10.7. The summed E-state index contributed by atoms with van der Waals surface area (Å²) in [5, 5.41) is 4.18. The van der Waals surface area contributed by atoms with Gasteiger partial charge in [-0.05, 0) is 74.9 Å². The largest absolute Gasteiger partial charge is 0.349 e. The van der Waals surface area contributed by atoms with Crippen molar-refractivity contribution in [3.8, 4) is 11.4 Å². The molecule has 196 valence electrons. The van der Waals surface area contributed by atoms with Gasteiger partial charge in [0.1, 0.15) is 11.6 Å². The number of carbonyl (C=O) groups excluding carboxylic acids is 1. The minimum Gasteiger partial charge on any atom is -0.349 e. The van der Waals surface area contributed by atoms with E-state index in [1.165, 1.54) is 18.2 Å². The average molecular weight is 512 g/mol. The van der Waals surface area contributed by atoms with Crippen LogP contribution in [0.2, 0.25) is 0 Å². The van der Waals surface area contributed by atoms with Crippen molar-refractivity contribution in [1.82, 2.24) is 24.8 Å². The first-order valence-corrected chi connectivity index (χ1v) is 13.7. The van der Waals surface area contributed by atoms with Crippen molar-refractivity contribution < 1.29 is 9.18 Å². The van der Waals surface area contributed by atoms with Crippen molar-refractivity contribution in [2.24, 2.45) is 13.0 Å². The number of carbonyl (C=O) groups is 1. The molecular formula is C31H34FN5O. The molecule has 1 saturated carbocycles. The molecule has 4 aromatic rings.